The van der Waals surface area contributed by atoms with Crippen LogP contribution in [0.25, 0.3) is 0 Å². The molecule has 0 atom stereocenters. The molecule has 84 valence electrons. The van der Waals surface area contributed by atoms with Gasteiger partial charge in [0.2, 0.25) is 0 Å². The van der Waals surface area contributed by atoms with Crippen LogP contribution in [0.15, 0.2) is 34.9 Å². The summed E-state index contributed by atoms with van der Waals surface area (Å²) in [7, 11) is 0. The Kier molecular flexibility index (Phi) is 3.86. The summed E-state index contributed by atoms with van der Waals surface area (Å²) in [6.07, 6.45) is 4.35. The van der Waals surface area contributed by atoms with Crippen molar-refractivity contribution in [1.82, 2.24) is 4.98 Å². The number of benzene rings is 1. The number of oxazole rings is 1. The fourth-order valence-corrected chi connectivity index (χ4v) is 1.94. The minimum absolute atomic E-state index is 0.202. The van der Waals surface area contributed by atoms with Crippen molar-refractivity contribution in [2.24, 2.45) is 0 Å². The molecule has 0 saturated heterocycles. The van der Waals surface area contributed by atoms with Crippen LogP contribution in [0, 0.1) is 0 Å². The zero-order valence-electron chi connectivity index (χ0n) is 8.62. The van der Waals surface area contributed by atoms with Gasteiger partial charge in [-0.25, -0.2) is 4.98 Å². The third-order valence-electron chi connectivity index (χ3n) is 2.36. The zero-order chi connectivity index (χ0) is 11.4. The first kappa shape index (κ1) is 11.5. The molecular weight excluding hydrogens is 245 g/mol. The Morgan fingerprint density at radius 1 is 1.12 bits per heavy atom. The lowest BCUT2D eigenvalue weighted by Gasteiger charge is -2.02. The molecule has 0 saturated carbocycles. The molecule has 0 fully saturated rings. The number of hydrogen-bond acceptors (Lipinski definition) is 2. The van der Waals surface area contributed by atoms with Crippen LogP contribution in [0.2, 0.25) is 10.4 Å². The number of aryl methyl sites for hydroxylation is 2. The van der Waals surface area contributed by atoms with Gasteiger partial charge in [0.05, 0.1) is 5.69 Å². The van der Waals surface area contributed by atoms with E-state index in [4.69, 9.17) is 27.6 Å². The zero-order valence-corrected chi connectivity index (χ0v) is 10.1. The highest BCUT2D eigenvalue weighted by molar-refractivity contribution is 6.31. The molecule has 0 radical (unpaired) electrons. The van der Waals surface area contributed by atoms with Gasteiger partial charge < -0.3 is 4.42 Å². The smallest absolute Gasteiger partial charge is 0.292 e. The van der Waals surface area contributed by atoms with E-state index in [1.54, 1.807) is 6.26 Å². The molecule has 2 aromatic rings. The molecule has 1 aromatic carbocycles. The van der Waals surface area contributed by atoms with Crippen molar-refractivity contribution < 1.29 is 4.42 Å². The normalized spacial score (nSPS) is 10.6. The summed E-state index contributed by atoms with van der Waals surface area (Å²) in [5.74, 6) is 0. The molecule has 2 nitrogen and oxygen atoms in total. The average Bonchev–Trinajstić information content (AvgIpc) is 2.67. The third kappa shape index (κ3) is 3.00. The molecule has 1 aromatic heterocycles. The second-order valence-corrected chi connectivity index (χ2v) is 4.27. The monoisotopic (exact) mass is 255 g/mol. The third-order valence-corrected chi connectivity index (χ3v) is 2.90. The van der Waals surface area contributed by atoms with Crippen molar-refractivity contribution in [3.63, 3.8) is 0 Å². The van der Waals surface area contributed by atoms with Crippen molar-refractivity contribution in [2.45, 2.75) is 19.3 Å². The van der Waals surface area contributed by atoms with Crippen molar-refractivity contribution in [3.05, 3.63) is 52.2 Å². The lowest BCUT2D eigenvalue weighted by Crippen LogP contribution is -1.91. The predicted molar refractivity (Wildman–Crippen MR) is 65.0 cm³/mol. The van der Waals surface area contributed by atoms with E-state index in [1.807, 2.05) is 24.3 Å². The van der Waals surface area contributed by atoms with Crippen LogP contribution in [0.4, 0.5) is 0 Å². The van der Waals surface area contributed by atoms with Crippen molar-refractivity contribution in [1.29, 1.82) is 0 Å². The molecular formula is C12H11Cl2NO. The number of halogens is 2. The average molecular weight is 256 g/mol. The molecule has 0 bridgehead atoms. The molecule has 0 amide bonds. The Labute approximate surface area is 104 Å². The van der Waals surface area contributed by atoms with Gasteiger partial charge in [-0.15, -0.1) is 0 Å². The van der Waals surface area contributed by atoms with Crippen LogP contribution in [0.1, 0.15) is 17.7 Å². The van der Waals surface area contributed by atoms with Crippen LogP contribution in [0.3, 0.4) is 0 Å². The van der Waals surface area contributed by atoms with Crippen molar-refractivity contribution in [3.8, 4) is 0 Å². The highest BCUT2D eigenvalue weighted by atomic mass is 35.5. The largest absolute Gasteiger partial charge is 0.436 e. The molecule has 0 spiro atoms. The fourth-order valence-electron chi connectivity index (χ4n) is 1.56. The lowest BCUT2D eigenvalue weighted by molar-refractivity contribution is 0.558. The first-order chi connectivity index (χ1) is 7.75. The standard InChI is InChI=1S/C12H11Cl2NO/c13-11-7-2-1-4-9(11)5-3-6-10-8-16-12(14)15-10/h1-2,4,7-8H,3,5-6H2. The summed E-state index contributed by atoms with van der Waals surface area (Å²) < 4.78 is 4.92. The summed E-state index contributed by atoms with van der Waals surface area (Å²) in [6.45, 7) is 0. The Morgan fingerprint density at radius 2 is 1.94 bits per heavy atom. The van der Waals surface area contributed by atoms with E-state index < -0.39 is 0 Å². The Morgan fingerprint density at radius 3 is 2.62 bits per heavy atom. The Balaban J connectivity index is 1.87. The van der Waals surface area contributed by atoms with Gasteiger partial charge in [0, 0.05) is 5.02 Å². The maximum Gasteiger partial charge on any atom is 0.292 e. The molecule has 1 heterocycles. The van der Waals surface area contributed by atoms with Crippen LogP contribution < -0.4 is 0 Å². The number of aromatic nitrogens is 1. The highest BCUT2D eigenvalue weighted by Gasteiger charge is 2.03. The van der Waals surface area contributed by atoms with Crippen LogP contribution in [0.5, 0.6) is 0 Å². The summed E-state index contributed by atoms with van der Waals surface area (Å²) in [5, 5.41) is 1.02. The van der Waals surface area contributed by atoms with Crippen LogP contribution in [-0.4, -0.2) is 4.98 Å². The molecule has 2 rings (SSSR count). The molecule has 16 heavy (non-hydrogen) atoms. The van der Waals surface area contributed by atoms with Gasteiger partial charge in [-0.3, -0.25) is 0 Å². The van der Waals surface area contributed by atoms with Crippen LogP contribution >= 0.6 is 23.2 Å². The minimum Gasteiger partial charge on any atom is -0.436 e. The fraction of sp³-hybridized carbons (Fsp3) is 0.250. The SMILES string of the molecule is Clc1nc(CCCc2ccccc2Cl)co1. The number of rotatable bonds is 4. The first-order valence-corrected chi connectivity index (χ1v) is 5.84. The summed E-state index contributed by atoms with van der Waals surface area (Å²) >= 11 is 11.6. The molecule has 4 heteroatoms. The lowest BCUT2D eigenvalue weighted by atomic mass is 10.1. The molecule has 0 N–H and O–H groups in total. The summed E-state index contributed by atoms with van der Waals surface area (Å²) in [5.41, 5.74) is 2.05. The molecule has 0 aliphatic carbocycles. The first-order valence-electron chi connectivity index (χ1n) is 5.09. The predicted octanol–water partition coefficient (Wildman–Crippen LogP) is 4.16. The quantitative estimate of drug-likeness (QED) is 0.820. The Hall–Kier alpha value is -0.990. The molecule has 0 aliphatic rings. The topological polar surface area (TPSA) is 26.0 Å². The van der Waals surface area contributed by atoms with E-state index in [1.165, 1.54) is 5.56 Å². The van der Waals surface area contributed by atoms with E-state index in [0.29, 0.717) is 0 Å². The maximum atomic E-state index is 6.05. The number of nitrogens with zero attached hydrogens (tertiary/aromatic N) is 1. The second-order valence-electron chi connectivity index (χ2n) is 3.54. The van der Waals surface area contributed by atoms with Gasteiger partial charge in [0.15, 0.2) is 0 Å². The highest BCUT2D eigenvalue weighted by Crippen LogP contribution is 2.17. The minimum atomic E-state index is 0.202. The van der Waals surface area contributed by atoms with Gasteiger partial charge in [-0.2, -0.15) is 0 Å². The van der Waals surface area contributed by atoms with E-state index in [2.05, 4.69) is 4.98 Å². The van der Waals surface area contributed by atoms with Crippen molar-refractivity contribution in [2.75, 3.05) is 0 Å². The molecule has 0 aliphatic heterocycles. The van der Waals surface area contributed by atoms with Gasteiger partial charge in [-0.1, -0.05) is 29.8 Å². The van der Waals surface area contributed by atoms with Gasteiger partial charge in [-0.05, 0) is 42.5 Å². The van der Waals surface area contributed by atoms with E-state index in [-0.39, 0.29) is 5.35 Å². The van der Waals surface area contributed by atoms with Crippen LogP contribution in [-0.2, 0) is 12.8 Å². The maximum absolute atomic E-state index is 6.05. The van der Waals surface area contributed by atoms with Crippen molar-refractivity contribution >= 4 is 23.2 Å². The number of hydrogen-bond donors (Lipinski definition) is 0. The summed E-state index contributed by atoms with van der Waals surface area (Å²) in [6, 6.07) is 7.87. The van der Waals surface area contributed by atoms with Gasteiger partial charge in [0.25, 0.3) is 5.35 Å². The molecule has 0 unspecified atom stereocenters. The second kappa shape index (κ2) is 5.37. The van der Waals surface area contributed by atoms with Gasteiger partial charge >= 0.3 is 0 Å². The Bertz CT molecular complexity index is 468. The van der Waals surface area contributed by atoms with E-state index >= 15 is 0 Å². The van der Waals surface area contributed by atoms with Gasteiger partial charge in [0.1, 0.15) is 6.26 Å². The van der Waals surface area contributed by atoms with E-state index in [0.717, 1.165) is 30.0 Å². The summed E-state index contributed by atoms with van der Waals surface area (Å²) in [4.78, 5) is 4.03. The van der Waals surface area contributed by atoms with E-state index in [9.17, 15) is 0 Å².